The zero-order valence-electron chi connectivity index (χ0n) is 26.7. The van der Waals surface area contributed by atoms with Crippen molar-refractivity contribution in [2.75, 3.05) is 0 Å². The number of imidazole rings is 1. The van der Waals surface area contributed by atoms with E-state index in [0.29, 0.717) is 16.6 Å². The molecule has 0 bridgehead atoms. The van der Waals surface area contributed by atoms with E-state index in [1.807, 2.05) is 36.4 Å². The largest absolute Gasteiger partial charge is 0.455 e. The van der Waals surface area contributed by atoms with Gasteiger partial charge in [-0.05, 0) is 125 Å². The van der Waals surface area contributed by atoms with Crippen molar-refractivity contribution in [1.82, 2.24) is 9.55 Å². The second-order valence-electron chi connectivity index (χ2n) is 12.7. The van der Waals surface area contributed by atoms with Crippen LogP contribution in [0.2, 0.25) is 0 Å². The van der Waals surface area contributed by atoms with Gasteiger partial charge in [0.1, 0.15) is 22.8 Å². The van der Waals surface area contributed by atoms with Crippen molar-refractivity contribution in [2.24, 2.45) is 0 Å². The van der Waals surface area contributed by atoms with E-state index in [-0.39, 0.29) is 5.82 Å². The van der Waals surface area contributed by atoms with Gasteiger partial charge in [-0.25, -0.2) is 9.37 Å². The van der Waals surface area contributed by atoms with E-state index in [1.54, 1.807) is 6.07 Å². The summed E-state index contributed by atoms with van der Waals surface area (Å²) in [6, 6.07) is 39.1. The summed E-state index contributed by atoms with van der Waals surface area (Å²) in [6.07, 6.45) is 0. The maximum absolute atomic E-state index is 15.5. The normalized spacial score (nSPS) is 11.9. The summed E-state index contributed by atoms with van der Waals surface area (Å²) in [5.74, 6) is 0.413. The van der Waals surface area contributed by atoms with Crippen LogP contribution in [0.15, 0.2) is 120 Å². The average molecular weight is 611 g/mol. The van der Waals surface area contributed by atoms with Crippen molar-refractivity contribution in [3.63, 3.8) is 0 Å². The maximum Gasteiger partial charge on any atom is 0.149 e. The highest BCUT2D eigenvalue weighted by Crippen LogP contribution is 2.42. The van der Waals surface area contributed by atoms with Crippen LogP contribution < -0.4 is 0 Å². The predicted octanol–water partition coefficient (Wildman–Crippen LogP) is 11.9. The van der Waals surface area contributed by atoms with E-state index in [2.05, 4.69) is 105 Å². The van der Waals surface area contributed by atoms with Gasteiger partial charge in [0.15, 0.2) is 0 Å². The minimum absolute atomic E-state index is 0.306. The van der Waals surface area contributed by atoms with E-state index >= 15 is 4.39 Å². The van der Waals surface area contributed by atoms with E-state index < -0.39 is 0 Å². The Morgan fingerprint density at radius 2 is 1.26 bits per heavy atom. The van der Waals surface area contributed by atoms with Gasteiger partial charge >= 0.3 is 0 Å². The van der Waals surface area contributed by atoms with Crippen LogP contribution in [-0.4, -0.2) is 9.55 Å². The molecular formula is C43H31FN2O. The lowest BCUT2D eigenvalue weighted by molar-refractivity contribution is 0.634. The van der Waals surface area contributed by atoms with Crippen molar-refractivity contribution >= 4 is 54.5 Å². The number of rotatable bonds is 3. The molecular weight excluding hydrogens is 579 g/mol. The van der Waals surface area contributed by atoms with Gasteiger partial charge in [0.2, 0.25) is 0 Å². The van der Waals surface area contributed by atoms with Crippen LogP contribution >= 0.6 is 0 Å². The van der Waals surface area contributed by atoms with Gasteiger partial charge in [0, 0.05) is 5.39 Å². The van der Waals surface area contributed by atoms with E-state index in [1.165, 1.54) is 43.8 Å². The zero-order valence-corrected chi connectivity index (χ0v) is 26.7. The molecule has 2 aromatic heterocycles. The molecule has 9 aromatic rings. The molecule has 47 heavy (non-hydrogen) atoms. The highest BCUT2D eigenvalue weighted by Gasteiger charge is 2.24. The Kier molecular flexibility index (Phi) is 5.94. The number of para-hydroxylation sites is 1. The molecule has 0 spiro atoms. The molecule has 0 aliphatic carbocycles. The Labute approximate surface area is 271 Å². The van der Waals surface area contributed by atoms with Crippen LogP contribution in [0.4, 0.5) is 4.39 Å². The molecule has 0 aliphatic heterocycles. The van der Waals surface area contributed by atoms with Gasteiger partial charge in [0.25, 0.3) is 0 Å². The molecule has 0 fully saturated rings. The summed E-state index contributed by atoms with van der Waals surface area (Å²) in [5, 5.41) is 6.07. The van der Waals surface area contributed by atoms with Crippen LogP contribution in [0.3, 0.4) is 0 Å². The Hall–Kier alpha value is -5.74. The first-order valence-corrected chi connectivity index (χ1v) is 16.0. The molecule has 0 aliphatic rings. The molecule has 0 amide bonds. The molecule has 0 radical (unpaired) electrons. The van der Waals surface area contributed by atoms with Crippen molar-refractivity contribution in [2.45, 2.75) is 27.7 Å². The van der Waals surface area contributed by atoms with E-state index in [0.717, 1.165) is 44.6 Å². The van der Waals surface area contributed by atoms with Crippen molar-refractivity contribution in [1.29, 1.82) is 0 Å². The summed E-state index contributed by atoms with van der Waals surface area (Å²) < 4.78 is 24.2. The molecule has 3 nitrogen and oxygen atoms in total. The molecule has 0 unspecified atom stereocenters. The third-order valence-corrected chi connectivity index (χ3v) is 9.92. The van der Waals surface area contributed by atoms with Gasteiger partial charge in [-0.15, -0.1) is 0 Å². The zero-order chi connectivity index (χ0) is 32.0. The highest BCUT2D eigenvalue weighted by molar-refractivity contribution is 6.15. The number of halogens is 1. The molecule has 226 valence electrons. The fraction of sp³-hybridized carbons (Fsp3) is 0.0930. The summed E-state index contributed by atoms with van der Waals surface area (Å²) in [7, 11) is 0. The second-order valence-corrected chi connectivity index (χ2v) is 12.7. The first kappa shape index (κ1) is 27.6. The van der Waals surface area contributed by atoms with Gasteiger partial charge in [-0.2, -0.15) is 0 Å². The van der Waals surface area contributed by atoms with Gasteiger partial charge in [-0.1, -0.05) is 72.8 Å². The van der Waals surface area contributed by atoms with Gasteiger partial charge < -0.3 is 4.42 Å². The Bertz CT molecular complexity index is 2710. The van der Waals surface area contributed by atoms with Crippen LogP contribution in [0.25, 0.3) is 82.7 Å². The molecule has 4 heteroatoms. The number of hydrogen-bond donors (Lipinski definition) is 0. The summed E-state index contributed by atoms with van der Waals surface area (Å²) in [5.41, 5.74) is 12.0. The minimum Gasteiger partial charge on any atom is -0.455 e. The molecule has 0 saturated heterocycles. The number of fused-ring (bicyclic) bond motifs is 7. The lowest BCUT2D eigenvalue weighted by Crippen LogP contribution is -2.04. The molecule has 0 atom stereocenters. The summed E-state index contributed by atoms with van der Waals surface area (Å²) >= 11 is 0. The quantitative estimate of drug-likeness (QED) is 0.186. The Morgan fingerprint density at radius 1 is 0.596 bits per heavy atom. The summed E-state index contributed by atoms with van der Waals surface area (Å²) in [6.45, 7) is 8.74. The monoisotopic (exact) mass is 610 g/mol. The van der Waals surface area contributed by atoms with E-state index in [9.17, 15) is 0 Å². The lowest BCUT2D eigenvalue weighted by atomic mass is 9.92. The second kappa shape index (κ2) is 10.1. The summed E-state index contributed by atoms with van der Waals surface area (Å²) in [4.78, 5) is 5.36. The van der Waals surface area contributed by atoms with Crippen molar-refractivity contribution in [3.8, 4) is 28.2 Å². The minimum atomic E-state index is -0.306. The number of nitrogens with zero attached hydrogens (tertiary/aromatic N) is 2. The standard InChI is InChI=1S/C43H31FN2O/c1-24-20-29(28-12-6-5-7-13-28)21-25(2)41(24)46-38-23-34-27(4)26(3)30-14-8-9-15-31(30)35(34)22-37(38)45-43(46)33-18-19-36(44)40-32-16-10-11-17-39(32)47-42(33)40/h5-23H,1-4H3. The van der Waals surface area contributed by atoms with Crippen LogP contribution in [0, 0.1) is 33.5 Å². The molecule has 7 aromatic carbocycles. The van der Waals surface area contributed by atoms with Crippen LogP contribution in [0.5, 0.6) is 0 Å². The number of furan rings is 1. The molecule has 0 N–H and O–H groups in total. The fourth-order valence-corrected chi connectivity index (χ4v) is 7.58. The molecule has 2 heterocycles. The Morgan fingerprint density at radius 3 is 2.02 bits per heavy atom. The Balaban J connectivity index is 1.42. The third kappa shape index (κ3) is 4.01. The fourth-order valence-electron chi connectivity index (χ4n) is 7.58. The topological polar surface area (TPSA) is 31.0 Å². The smallest absolute Gasteiger partial charge is 0.149 e. The lowest BCUT2D eigenvalue weighted by Gasteiger charge is -2.18. The average Bonchev–Trinajstić information content (AvgIpc) is 3.66. The number of benzene rings is 7. The van der Waals surface area contributed by atoms with Crippen LogP contribution in [0.1, 0.15) is 22.3 Å². The number of aromatic nitrogens is 2. The van der Waals surface area contributed by atoms with Crippen LogP contribution in [-0.2, 0) is 0 Å². The number of hydrogen-bond acceptors (Lipinski definition) is 2. The third-order valence-electron chi connectivity index (χ3n) is 9.92. The SMILES string of the molecule is Cc1cc(-c2ccccc2)cc(C)c1-n1c(-c2ccc(F)c3c2oc2ccccc23)nc2cc3c(cc21)c(C)c(C)c1ccccc13. The highest BCUT2D eigenvalue weighted by atomic mass is 19.1. The number of aryl methyl sites for hydroxylation is 4. The van der Waals surface area contributed by atoms with Crippen molar-refractivity contribution in [3.05, 3.63) is 143 Å². The van der Waals surface area contributed by atoms with Gasteiger partial charge in [-0.3, -0.25) is 4.57 Å². The first-order valence-electron chi connectivity index (χ1n) is 16.0. The first-order chi connectivity index (χ1) is 22.9. The molecule has 9 rings (SSSR count). The molecule has 0 saturated carbocycles. The van der Waals surface area contributed by atoms with Gasteiger partial charge in [0.05, 0.1) is 27.7 Å². The van der Waals surface area contributed by atoms with E-state index in [4.69, 9.17) is 9.40 Å². The maximum atomic E-state index is 15.5. The predicted molar refractivity (Wildman–Crippen MR) is 193 cm³/mol. The van der Waals surface area contributed by atoms with Crippen molar-refractivity contribution < 1.29 is 8.81 Å².